The summed E-state index contributed by atoms with van der Waals surface area (Å²) in [4.78, 5) is 21.3. The number of carbonyl (C=O) groups is 2. The van der Waals surface area contributed by atoms with E-state index < -0.39 is 5.97 Å². The van der Waals surface area contributed by atoms with Gasteiger partial charge in [0.05, 0.1) is 6.61 Å². The average molecular weight is 341 g/mol. The van der Waals surface area contributed by atoms with Gasteiger partial charge in [-0.25, -0.2) is 9.59 Å². The van der Waals surface area contributed by atoms with E-state index in [1.165, 1.54) is 31.8 Å². The van der Waals surface area contributed by atoms with Crippen molar-refractivity contribution in [2.75, 3.05) is 6.61 Å². The number of carboxylic acids is 1. The minimum Gasteiger partial charge on any atom is -0.478 e. The zero-order valence-corrected chi connectivity index (χ0v) is 16.0. The SMILES string of the molecule is CCCCC/C=C(\CC)C(=O)O.CCCCC/C=C/C(=O)OCC. The molecule has 140 valence electrons. The van der Waals surface area contributed by atoms with Crippen LogP contribution >= 0.6 is 0 Å². The number of carbonyl (C=O) groups excluding carboxylic acids is 1. The summed E-state index contributed by atoms with van der Waals surface area (Å²) in [6, 6.07) is 0. The number of aliphatic carboxylic acids is 1. The van der Waals surface area contributed by atoms with Gasteiger partial charge in [-0.15, -0.1) is 0 Å². The molecular formula is C20H36O4. The van der Waals surface area contributed by atoms with E-state index in [0.717, 1.165) is 25.7 Å². The fourth-order valence-corrected chi connectivity index (χ4v) is 1.94. The first-order valence-electron chi connectivity index (χ1n) is 9.28. The van der Waals surface area contributed by atoms with Gasteiger partial charge in [0.2, 0.25) is 0 Å². The summed E-state index contributed by atoms with van der Waals surface area (Å²) in [6.45, 7) is 8.44. The molecule has 0 bridgehead atoms. The summed E-state index contributed by atoms with van der Waals surface area (Å²) in [7, 11) is 0. The highest BCUT2D eigenvalue weighted by atomic mass is 16.5. The van der Waals surface area contributed by atoms with Crippen molar-refractivity contribution in [1.82, 2.24) is 0 Å². The highest BCUT2D eigenvalue weighted by Crippen LogP contribution is 2.06. The van der Waals surface area contributed by atoms with Crippen molar-refractivity contribution in [1.29, 1.82) is 0 Å². The first-order chi connectivity index (χ1) is 11.5. The molecule has 0 atom stereocenters. The molecule has 0 aliphatic carbocycles. The summed E-state index contributed by atoms with van der Waals surface area (Å²) in [5.41, 5.74) is 0.547. The van der Waals surface area contributed by atoms with Crippen LogP contribution < -0.4 is 0 Å². The maximum absolute atomic E-state index is 10.8. The Morgan fingerprint density at radius 3 is 1.96 bits per heavy atom. The van der Waals surface area contributed by atoms with Crippen LogP contribution in [0.15, 0.2) is 23.8 Å². The summed E-state index contributed by atoms with van der Waals surface area (Å²) >= 11 is 0. The average Bonchev–Trinajstić information content (AvgIpc) is 2.55. The number of carboxylic acid groups (broad SMARTS) is 1. The fourth-order valence-electron chi connectivity index (χ4n) is 1.94. The van der Waals surface area contributed by atoms with E-state index >= 15 is 0 Å². The van der Waals surface area contributed by atoms with Crippen molar-refractivity contribution in [2.24, 2.45) is 0 Å². The van der Waals surface area contributed by atoms with Crippen LogP contribution in [0.25, 0.3) is 0 Å². The molecule has 0 aromatic carbocycles. The third-order valence-corrected chi connectivity index (χ3v) is 3.37. The van der Waals surface area contributed by atoms with Crippen molar-refractivity contribution in [2.45, 2.75) is 85.5 Å². The molecular weight excluding hydrogens is 304 g/mol. The molecule has 0 aliphatic rings. The molecule has 0 spiro atoms. The summed E-state index contributed by atoms with van der Waals surface area (Å²) in [5, 5.41) is 8.66. The van der Waals surface area contributed by atoms with Gasteiger partial charge in [-0.3, -0.25) is 0 Å². The van der Waals surface area contributed by atoms with Crippen LogP contribution in [0.5, 0.6) is 0 Å². The van der Waals surface area contributed by atoms with Crippen LogP contribution in [0.2, 0.25) is 0 Å². The third kappa shape index (κ3) is 18.5. The zero-order valence-electron chi connectivity index (χ0n) is 16.0. The van der Waals surface area contributed by atoms with Crippen molar-refractivity contribution >= 4 is 11.9 Å². The van der Waals surface area contributed by atoms with E-state index in [-0.39, 0.29) is 5.97 Å². The molecule has 24 heavy (non-hydrogen) atoms. The number of hydrogen-bond acceptors (Lipinski definition) is 3. The van der Waals surface area contributed by atoms with Crippen LogP contribution in [0.3, 0.4) is 0 Å². The predicted molar refractivity (Wildman–Crippen MR) is 100 cm³/mol. The molecule has 4 heteroatoms. The molecule has 0 saturated heterocycles. The molecule has 0 unspecified atom stereocenters. The lowest BCUT2D eigenvalue weighted by Crippen LogP contribution is -1.98. The Labute approximate surface area is 148 Å². The van der Waals surface area contributed by atoms with E-state index in [1.807, 2.05) is 26.0 Å². The van der Waals surface area contributed by atoms with E-state index in [2.05, 4.69) is 13.8 Å². The van der Waals surface area contributed by atoms with E-state index in [0.29, 0.717) is 18.6 Å². The van der Waals surface area contributed by atoms with Crippen LogP contribution in [0.4, 0.5) is 0 Å². The van der Waals surface area contributed by atoms with Gasteiger partial charge >= 0.3 is 11.9 Å². The third-order valence-electron chi connectivity index (χ3n) is 3.37. The van der Waals surface area contributed by atoms with E-state index in [1.54, 1.807) is 0 Å². The Morgan fingerprint density at radius 1 is 0.917 bits per heavy atom. The molecule has 0 aliphatic heterocycles. The largest absolute Gasteiger partial charge is 0.478 e. The standard InChI is InChI=1S/2C10H18O2/c1-3-5-6-7-8-9-10(11)12-4-2;1-3-5-6-7-8-9(4-2)10(11)12/h8-9H,3-7H2,1-2H3;8H,3-7H2,1-2H3,(H,11,12)/b2*9-8+. The number of rotatable bonds is 12. The van der Waals surface area contributed by atoms with E-state index in [9.17, 15) is 9.59 Å². The Balaban J connectivity index is 0. The highest BCUT2D eigenvalue weighted by Gasteiger charge is 2.01. The molecule has 0 fully saturated rings. The second-order valence-corrected chi connectivity index (χ2v) is 5.53. The molecule has 0 aromatic heterocycles. The van der Waals surface area contributed by atoms with Crippen molar-refractivity contribution in [3.8, 4) is 0 Å². The Bertz CT molecular complexity index is 368. The second kappa shape index (κ2) is 19.5. The molecule has 0 radical (unpaired) electrons. The van der Waals surface area contributed by atoms with Gasteiger partial charge in [-0.05, 0) is 39.0 Å². The lowest BCUT2D eigenvalue weighted by Gasteiger charge is -1.97. The number of unbranched alkanes of at least 4 members (excludes halogenated alkanes) is 6. The molecule has 0 rings (SSSR count). The first kappa shape index (κ1) is 24.7. The molecule has 4 nitrogen and oxygen atoms in total. The lowest BCUT2D eigenvalue weighted by molar-refractivity contribution is -0.137. The molecule has 1 N–H and O–H groups in total. The van der Waals surface area contributed by atoms with Crippen LogP contribution in [-0.2, 0) is 14.3 Å². The van der Waals surface area contributed by atoms with Crippen molar-refractivity contribution in [3.05, 3.63) is 23.8 Å². The van der Waals surface area contributed by atoms with Gasteiger partial charge in [-0.2, -0.15) is 0 Å². The van der Waals surface area contributed by atoms with Gasteiger partial charge < -0.3 is 9.84 Å². The monoisotopic (exact) mass is 340 g/mol. The molecule has 0 aromatic rings. The Hall–Kier alpha value is -1.58. The zero-order chi connectivity index (χ0) is 18.6. The van der Waals surface area contributed by atoms with Gasteiger partial charge in [0.1, 0.15) is 0 Å². The van der Waals surface area contributed by atoms with Crippen LogP contribution in [0, 0.1) is 0 Å². The fraction of sp³-hybridized carbons (Fsp3) is 0.700. The van der Waals surface area contributed by atoms with Crippen LogP contribution in [0.1, 0.15) is 85.5 Å². The molecule has 0 saturated carbocycles. The molecule has 0 amide bonds. The summed E-state index contributed by atoms with van der Waals surface area (Å²) < 4.78 is 4.72. The lowest BCUT2D eigenvalue weighted by atomic mass is 10.1. The minimum atomic E-state index is -0.769. The number of esters is 1. The van der Waals surface area contributed by atoms with Gasteiger partial charge in [0, 0.05) is 11.6 Å². The smallest absolute Gasteiger partial charge is 0.331 e. The predicted octanol–water partition coefficient (Wildman–Crippen LogP) is 5.67. The molecule has 0 heterocycles. The maximum atomic E-state index is 10.8. The van der Waals surface area contributed by atoms with E-state index in [4.69, 9.17) is 9.84 Å². The highest BCUT2D eigenvalue weighted by molar-refractivity contribution is 5.86. The minimum absolute atomic E-state index is 0.228. The quantitative estimate of drug-likeness (QED) is 0.282. The summed E-state index contributed by atoms with van der Waals surface area (Å²) in [6.07, 6.45) is 14.8. The second-order valence-electron chi connectivity index (χ2n) is 5.53. The number of ether oxygens (including phenoxy) is 1. The van der Waals surface area contributed by atoms with Crippen molar-refractivity contribution < 1.29 is 19.4 Å². The maximum Gasteiger partial charge on any atom is 0.331 e. The first-order valence-corrected chi connectivity index (χ1v) is 9.28. The van der Waals surface area contributed by atoms with Crippen LogP contribution in [-0.4, -0.2) is 23.7 Å². The van der Waals surface area contributed by atoms with Gasteiger partial charge in [-0.1, -0.05) is 58.6 Å². The topological polar surface area (TPSA) is 63.6 Å². The van der Waals surface area contributed by atoms with Gasteiger partial charge in [0.15, 0.2) is 0 Å². The number of allylic oxidation sites excluding steroid dienone is 2. The normalized spacial score (nSPS) is 11.1. The summed E-state index contributed by atoms with van der Waals surface area (Å²) in [5.74, 6) is -0.997. The Kier molecular flexibility index (Phi) is 20.0. The van der Waals surface area contributed by atoms with Gasteiger partial charge in [0.25, 0.3) is 0 Å². The number of hydrogen-bond donors (Lipinski definition) is 1. The Morgan fingerprint density at radius 2 is 1.50 bits per heavy atom. The van der Waals surface area contributed by atoms with Crippen molar-refractivity contribution in [3.63, 3.8) is 0 Å².